The van der Waals surface area contributed by atoms with Crippen molar-refractivity contribution in [3.05, 3.63) is 0 Å². The van der Waals surface area contributed by atoms with Crippen molar-refractivity contribution in [2.75, 3.05) is 31.6 Å². The molecule has 6 heteroatoms. The molecule has 96 valence electrons. The molecule has 5 nitrogen and oxygen atoms in total. The van der Waals surface area contributed by atoms with E-state index in [1.165, 1.54) is 4.90 Å². The largest absolute Gasteiger partial charge is 0.345 e. The predicted octanol–water partition coefficient (Wildman–Crippen LogP) is 0.00850. The van der Waals surface area contributed by atoms with Crippen LogP contribution in [0.2, 0.25) is 0 Å². The molecule has 0 aromatic carbocycles. The van der Waals surface area contributed by atoms with Gasteiger partial charge in [0.15, 0.2) is 9.84 Å². The number of hydrogen-bond acceptors (Lipinski definition) is 4. The van der Waals surface area contributed by atoms with Crippen molar-refractivity contribution in [1.29, 1.82) is 0 Å². The van der Waals surface area contributed by atoms with E-state index in [0.717, 1.165) is 6.42 Å². The molecule has 0 aromatic rings. The lowest BCUT2D eigenvalue weighted by molar-refractivity contribution is -0.127. The molecule has 0 spiro atoms. The summed E-state index contributed by atoms with van der Waals surface area (Å²) in [7, 11) is -1.63. The molecule has 0 rings (SSSR count). The maximum absolute atomic E-state index is 11.5. The third kappa shape index (κ3) is 6.79. The van der Waals surface area contributed by atoms with Gasteiger partial charge in [0.1, 0.15) is 5.75 Å². The zero-order chi connectivity index (χ0) is 12.6. The molecule has 0 aliphatic rings. The number of amides is 1. The fraction of sp³-hybridized carbons (Fsp3) is 0.900. The van der Waals surface area contributed by atoms with Crippen LogP contribution in [0.1, 0.15) is 26.2 Å². The first-order valence-electron chi connectivity index (χ1n) is 5.57. The van der Waals surface area contributed by atoms with Gasteiger partial charge in [0, 0.05) is 13.6 Å². The molecule has 0 aliphatic carbocycles. The summed E-state index contributed by atoms with van der Waals surface area (Å²) in [6.07, 6.45) is 2.12. The number of unbranched alkanes of at least 4 members (excludes halogenated alkanes) is 1. The van der Waals surface area contributed by atoms with Crippen LogP contribution in [0.5, 0.6) is 0 Å². The van der Waals surface area contributed by atoms with E-state index in [-0.39, 0.29) is 17.4 Å². The molecule has 1 amide bonds. The summed E-state index contributed by atoms with van der Waals surface area (Å²) in [6.45, 7) is 2.93. The van der Waals surface area contributed by atoms with Crippen molar-refractivity contribution >= 4 is 15.7 Å². The van der Waals surface area contributed by atoms with Crippen LogP contribution in [0.3, 0.4) is 0 Å². The van der Waals surface area contributed by atoms with Crippen molar-refractivity contribution in [3.63, 3.8) is 0 Å². The Kier molecular flexibility index (Phi) is 7.33. The van der Waals surface area contributed by atoms with Crippen LogP contribution in [0.25, 0.3) is 0 Å². The molecule has 0 saturated carbocycles. The minimum Gasteiger partial charge on any atom is -0.345 e. The zero-order valence-corrected chi connectivity index (χ0v) is 10.9. The number of nitrogens with zero attached hydrogens (tertiary/aromatic N) is 1. The average Bonchev–Trinajstić information content (AvgIpc) is 2.22. The SMILES string of the molecule is CCCCS(=O)(=O)CC(=O)N(C)CCCN. The van der Waals surface area contributed by atoms with Gasteiger partial charge in [0.05, 0.1) is 5.75 Å². The van der Waals surface area contributed by atoms with E-state index in [2.05, 4.69) is 0 Å². The van der Waals surface area contributed by atoms with Crippen molar-refractivity contribution in [2.45, 2.75) is 26.2 Å². The lowest BCUT2D eigenvalue weighted by Gasteiger charge is -2.16. The molecule has 0 saturated heterocycles. The minimum atomic E-state index is -3.24. The first-order valence-corrected chi connectivity index (χ1v) is 7.39. The first kappa shape index (κ1) is 15.4. The topological polar surface area (TPSA) is 80.5 Å². The lowest BCUT2D eigenvalue weighted by Crippen LogP contribution is -2.34. The van der Waals surface area contributed by atoms with E-state index in [1.54, 1.807) is 7.05 Å². The van der Waals surface area contributed by atoms with Gasteiger partial charge in [0.25, 0.3) is 0 Å². The highest BCUT2D eigenvalue weighted by atomic mass is 32.2. The Labute approximate surface area is 97.9 Å². The van der Waals surface area contributed by atoms with Crippen LogP contribution in [0.4, 0.5) is 0 Å². The Hall–Kier alpha value is -0.620. The lowest BCUT2D eigenvalue weighted by atomic mass is 10.4. The van der Waals surface area contributed by atoms with Crippen LogP contribution < -0.4 is 5.73 Å². The highest BCUT2D eigenvalue weighted by Crippen LogP contribution is 1.99. The summed E-state index contributed by atoms with van der Waals surface area (Å²) in [4.78, 5) is 13.0. The van der Waals surface area contributed by atoms with Crippen molar-refractivity contribution in [2.24, 2.45) is 5.73 Å². The van der Waals surface area contributed by atoms with E-state index in [1.807, 2.05) is 6.92 Å². The van der Waals surface area contributed by atoms with Gasteiger partial charge in [-0.2, -0.15) is 0 Å². The number of sulfone groups is 1. The Bertz CT molecular complexity index is 301. The Balaban J connectivity index is 4.11. The fourth-order valence-electron chi connectivity index (χ4n) is 1.19. The summed E-state index contributed by atoms with van der Waals surface area (Å²) in [5.74, 6) is -0.627. The molecular formula is C10H22N2O3S. The monoisotopic (exact) mass is 250 g/mol. The van der Waals surface area contributed by atoms with Crippen LogP contribution >= 0.6 is 0 Å². The zero-order valence-electron chi connectivity index (χ0n) is 10.1. The molecule has 2 N–H and O–H groups in total. The molecule has 0 radical (unpaired) electrons. The second-order valence-corrected chi connectivity index (χ2v) is 6.09. The number of carbonyl (C=O) groups is 1. The van der Waals surface area contributed by atoms with Gasteiger partial charge >= 0.3 is 0 Å². The predicted molar refractivity (Wildman–Crippen MR) is 64.9 cm³/mol. The molecule has 0 fully saturated rings. The van der Waals surface area contributed by atoms with Crippen molar-refractivity contribution in [1.82, 2.24) is 4.90 Å². The molecular weight excluding hydrogens is 228 g/mol. The Morgan fingerprint density at radius 3 is 2.44 bits per heavy atom. The number of carbonyl (C=O) groups excluding carboxylic acids is 1. The summed E-state index contributed by atoms with van der Waals surface area (Å²) < 4.78 is 23.0. The van der Waals surface area contributed by atoms with Gasteiger partial charge in [-0.1, -0.05) is 13.3 Å². The number of hydrogen-bond donors (Lipinski definition) is 1. The minimum absolute atomic E-state index is 0.0972. The number of rotatable bonds is 8. The van der Waals surface area contributed by atoms with Crippen LogP contribution in [-0.2, 0) is 14.6 Å². The molecule has 0 atom stereocenters. The normalized spacial score (nSPS) is 11.4. The Morgan fingerprint density at radius 2 is 1.94 bits per heavy atom. The summed E-state index contributed by atoms with van der Waals surface area (Å²) in [5.41, 5.74) is 5.31. The maximum Gasteiger partial charge on any atom is 0.237 e. The molecule has 0 bridgehead atoms. The second-order valence-electron chi connectivity index (χ2n) is 3.90. The van der Waals surface area contributed by atoms with Gasteiger partial charge < -0.3 is 10.6 Å². The van der Waals surface area contributed by atoms with E-state index >= 15 is 0 Å². The van der Waals surface area contributed by atoms with Crippen LogP contribution in [0.15, 0.2) is 0 Å². The first-order chi connectivity index (χ1) is 7.43. The molecule has 0 heterocycles. The van der Waals surface area contributed by atoms with Crippen LogP contribution in [0, 0.1) is 0 Å². The highest BCUT2D eigenvalue weighted by Gasteiger charge is 2.18. The van der Waals surface area contributed by atoms with E-state index in [0.29, 0.717) is 25.9 Å². The third-order valence-corrected chi connectivity index (χ3v) is 3.87. The second kappa shape index (κ2) is 7.62. The van der Waals surface area contributed by atoms with Gasteiger partial charge in [-0.25, -0.2) is 8.42 Å². The van der Waals surface area contributed by atoms with E-state index < -0.39 is 9.84 Å². The third-order valence-electron chi connectivity index (χ3n) is 2.28. The van der Waals surface area contributed by atoms with Crippen molar-refractivity contribution in [3.8, 4) is 0 Å². The van der Waals surface area contributed by atoms with Gasteiger partial charge in [-0.15, -0.1) is 0 Å². The molecule has 16 heavy (non-hydrogen) atoms. The standard InChI is InChI=1S/C10H22N2O3S/c1-3-4-8-16(14,15)9-10(13)12(2)7-5-6-11/h3-9,11H2,1-2H3. The average molecular weight is 250 g/mol. The molecule has 0 aliphatic heterocycles. The smallest absolute Gasteiger partial charge is 0.237 e. The summed E-state index contributed by atoms with van der Waals surface area (Å²) >= 11 is 0. The summed E-state index contributed by atoms with van der Waals surface area (Å²) in [6, 6.07) is 0. The van der Waals surface area contributed by atoms with E-state index in [4.69, 9.17) is 5.73 Å². The van der Waals surface area contributed by atoms with Crippen molar-refractivity contribution < 1.29 is 13.2 Å². The Morgan fingerprint density at radius 1 is 1.31 bits per heavy atom. The van der Waals surface area contributed by atoms with Gasteiger partial charge in [-0.05, 0) is 19.4 Å². The number of nitrogens with two attached hydrogens (primary N) is 1. The quantitative estimate of drug-likeness (QED) is 0.658. The fourth-order valence-corrected chi connectivity index (χ4v) is 2.66. The van der Waals surface area contributed by atoms with E-state index in [9.17, 15) is 13.2 Å². The summed E-state index contributed by atoms with van der Waals surface area (Å²) in [5, 5.41) is 0. The molecule has 0 unspecified atom stereocenters. The van der Waals surface area contributed by atoms with Crippen LogP contribution in [-0.4, -0.2) is 50.9 Å². The van der Waals surface area contributed by atoms with Gasteiger partial charge in [-0.3, -0.25) is 4.79 Å². The van der Waals surface area contributed by atoms with Gasteiger partial charge in [0.2, 0.25) is 5.91 Å². The highest BCUT2D eigenvalue weighted by molar-refractivity contribution is 7.92. The maximum atomic E-state index is 11.5. The molecule has 0 aromatic heterocycles.